The van der Waals surface area contributed by atoms with Crippen LogP contribution in [-0.4, -0.2) is 23.3 Å². The molecule has 0 heterocycles. The molecular weight excluding hydrogens is 405 g/mol. The number of ether oxygens (including phenoxy) is 1. The van der Waals surface area contributed by atoms with Crippen LogP contribution in [0, 0.1) is 0 Å². The number of carbonyl (C=O) groups excluding carboxylic acids is 1. The first-order valence-electron chi connectivity index (χ1n) is 8.01. The van der Waals surface area contributed by atoms with Gasteiger partial charge in [0.05, 0.1) is 5.92 Å². The van der Waals surface area contributed by atoms with Gasteiger partial charge in [-0.1, -0.05) is 51.1 Å². The van der Waals surface area contributed by atoms with E-state index in [1.165, 1.54) is 0 Å². The van der Waals surface area contributed by atoms with Crippen LogP contribution in [0.4, 0.5) is 0 Å². The number of hydrogen-bond donors (Lipinski definition) is 2. The Bertz CT molecular complexity index is 422. The van der Waals surface area contributed by atoms with Crippen molar-refractivity contribution in [2.24, 2.45) is 0 Å². The van der Waals surface area contributed by atoms with E-state index in [2.05, 4.69) is 0 Å². The lowest BCUT2D eigenvalue weighted by molar-refractivity contribution is -0.164. The Kier molecular flexibility index (Phi) is 13.6. The zero-order valence-electron chi connectivity index (χ0n) is 14.9. The summed E-state index contributed by atoms with van der Waals surface area (Å²) in [6.07, 6.45) is 3.66. The van der Waals surface area contributed by atoms with Crippen molar-refractivity contribution in [3.8, 4) is 0 Å². The molecule has 0 aliphatic carbocycles. The van der Waals surface area contributed by atoms with E-state index in [0.717, 1.165) is 24.8 Å². The summed E-state index contributed by atoms with van der Waals surface area (Å²) in [5, 5.41) is 9.05. The molecule has 0 spiro atoms. The normalized spacial score (nSPS) is 11.8. The molecule has 5 heteroatoms. The second-order valence-corrected chi connectivity index (χ2v) is 5.51. The van der Waals surface area contributed by atoms with Crippen LogP contribution in [0.2, 0.25) is 0 Å². The average molecular weight is 438 g/mol. The molecule has 134 valence electrons. The third kappa shape index (κ3) is 7.18. The molecule has 0 aromatic heterocycles. The van der Waals surface area contributed by atoms with Gasteiger partial charge in [0.25, 0.3) is 0 Å². The topological polar surface area (TPSA) is 83.0 Å². The van der Waals surface area contributed by atoms with Gasteiger partial charge >= 0.3 is 5.97 Å². The number of rotatable bonds is 9. The number of halogens is 1. The number of aliphatic hydroxyl groups excluding tert-OH is 1. The summed E-state index contributed by atoms with van der Waals surface area (Å²) in [5.74, 6) is -0.358. The van der Waals surface area contributed by atoms with E-state index in [0.29, 0.717) is 12.8 Å². The van der Waals surface area contributed by atoms with Gasteiger partial charge in [-0.05, 0) is 37.7 Å². The molecule has 0 aliphatic rings. The molecule has 1 aromatic rings. The average Bonchev–Trinajstić information content (AvgIpc) is 2.53. The molecule has 4 nitrogen and oxygen atoms in total. The third-order valence-corrected chi connectivity index (χ3v) is 4.29. The van der Waals surface area contributed by atoms with Crippen LogP contribution in [0.5, 0.6) is 0 Å². The van der Waals surface area contributed by atoms with E-state index in [9.17, 15) is 4.79 Å². The fourth-order valence-corrected chi connectivity index (χ4v) is 2.71. The van der Waals surface area contributed by atoms with Crippen LogP contribution in [0.1, 0.15) is 64.4 Å². The molecule has 0 saturated heterocycles. The third-order valence-electron chi connectivity index (χ3n) is 4.29. The highest BCUT2D eigenvalue weighted by Crippen LogP contribution is 2.30. The maximum absolute atomic E-state index is 12.6. The second kappa shape index (κ2) is 12.7. The highest BCUT2D eigenvalue weighted by Gasteiger charge is 2.33. The maximum Gasteiger partial charge on any atom is 0.313 e. The summed E-state index contributed by atoms with van der Waals surface area (Å²) in [6.45, 7) is 6.22. The predicted octanol–water partition coefficient (Wildman–Crippen LogP) is 5.05. The number of carbonyl (C=O) groups is 1. The lowest BCUT2D eigenvalue weighted by Gasteiger charge is -2.33. The summed E-state index contributed by atoms with van der Waals surface area (Å²) in [4.78, 5) is 12.6. The molecule has 0 aliphatic heterocycles. The largest absolute Gasteiger partial charge is 0.459 e. The van der Waals surface area contributed by atoms with E-state index >= 15 is 0 Å². The Morgan fingerprint density at radius 2 is 1.74 bits per heavy atom. The number of esters is 1. The minimum absolute atomic E-state index is 0. The van der Waals surface area contributed by atoms with Crippen molar-refractivity contribution in [3.05, 3.63) is 35.9 Å². The molecule has 0 amide bonds. The molecule has 1 aromatic carbocycles. The van der Waals surface area contributed by atoms with E-state index in [1.807, 2.05) is 51.1 Å². The molecule has 0 bridgehead atoms. The van der Waals surface area contributed by atoms with Crippen LogP contribution in [0.25, 0.3) is 0 Å². The van der Waals surface area contributed by atoms with Crippen LogP contribution >= 0.6 is 24.0 Å². The first-order chi connectivity index (χ1) is 10.1. The molecule has 0 saturated carbocycles. The van der Waals surface area contributed by atoms with Crippen molar-refractivity contribution in [1.82, 2.24) is 6.15 Å². The van der Waals surface area contributed by atoms with Crippen molar-refractivity contribution >= 4 is 29.9 Å². The van der Waals surface area contributed by atoms with Gasteiger partial charge in [-0.2, -0.15) is 0 Å². The quantitative estimate of drug-likeness (QED) is 0.418. The second-order valence-electron chi connectivity index (χ2n) is 5.51. The van der Waals surface area contributed by atoms with Crippen LogP contribution < -0.4 is 6.15 Å². The van der Waals surface area contributed by atoms with Gasteiger partial charge in [0.2, 0.25) is 0 Å². The maximum atomic E-state index is 12.6. The summed E-state index contributed by atoms with van der Waals surface area (Å²) in [7, 11) is 0. The molecule has 0 fully saturated rings. The predicted molar refractivity (Wildman–Crippen MR) is 107 cm³/mol. The molecular formula is C18H33INO3+. The Balaban J connectivity index is 0. The number of aliphatic hydroxyl groups is 1. The summed E-state index contributed by atoms with van der Waals surface area (Å²) >= 11 is 0. The van der Waals surface area contributed by atoms with Crippen LogP contribution in [0.15, 0.2) is 30.3 Å². The Hall–Kier alpha value is -0.660. The first-order valence-corrected chi connectivity index (χ1v) is 8.01. The zero-order chi connectivity index (χ0) is 15.7. The molecule has 1 atom stereocenters. The standard InChI is InChI=1S/C18H28O3.HI.H3N/c1-4-16(15-11-8-7-9-12-15)17(20)21-18(5-2,6-3)13-10-14-19;;/h7-9,11-12,16,19H,4-6,10,13-14H2,1-3H3;1H;1H3/p+1. The van der Waals surface area contributed by atoms with Crippen molar-refractivity contribution in [3.63, 3.8) is 0 Å². The lowest BCUT2D eigenvalue weighted by atomic mass is 9.90. The smallest absolute Gasteiger partial charge is 0.313 e. The minimum Gasteiger partial charge on any atom is -0.459 e. The molecule has 5 N–H and O–H groups in total. The van der Waals surface area contributed by atoms with E-state index in [4.69, 9.17) is 9.84 Å². The van der Waals surface area contributed by atoms with E-state index < -0.39 is 5.60 Å². The Morgan fingerprint density at radius 1 is 1.17 bits per heavy atom. The van der Waals surface area contributed by atoms with Crippen molar-refractivity contribution in [2.75, 3.05) is 6.61 Å². The van der Waals surface area contributed by atoms with Gasteiger partial charge < -0.3 is 16.0 Å². The fourth-order valence-electron chi connectivity index (χ4n) is 2.71. The molecule has 0 radical (unpaired) electrons. The van der Waals surface area contributed by atoms with Gasteiger partial charge in [0.1, 0.15) is 5.60 Å². The van der Waals surface area contributed by atoms with Crippen molar-refractivity contribution < 1.29 is 14.6 Å². The van der Waals surface area contributed by atoms with Gasteiger partial charge in [-0.3, -0.25) is 4.79 Å². The van der Waals surface area contributed by atoms with Gasteiger partial charge in [0.15, 0.2) is 0 Å². The minimum atomic E-state index is -0.442. The van der Waals surface area contributed by atoms with Gasteiger partial charge in [0, 0.05) is 6.61 Å². The van der Waals surface area contributed by atoms with E-state index in [-0.39, 0.29) is 48.6 Å². The monoisotopic (exact) mass is 438 g/mol. The Labute approximate surface area is 157 Å². The molecule has 1 rings (SSSR count). The number of quaternary nitrogens is 1. The fraction of sp³-hybridized carbons (Fsp3) is 0.611. The number of hydrogen-bond acceptors (Lipinski definition) is 3. The number of benzene rings is 1. The van der Waals surface area contributed by atoms with Crippen molar-refractivity contribution in [1.29, 1.82) is 0 Å². The van der Waals surface area contributed by atoms with Crippen LogP contribution in [-0.2, 0) is 9.53 Å². The molecule has 1 unspecified atom stereocenters. The van der Waals surface area contributed by atoms with E-state index in [1.54, 1.807) is 0 Å². The highest BCUT2D eigenvalue weighted by atomic mass is 127. The lowest BCUT2D eigenvalue weighted by Crippen LogP contribution is -2.36. The SMILES string of the molecule is CCC(C(=O)OC(CC)(CC)CCCO)c1ccccc1.I.[NH4+]. The van der Waals surface area contributed by atoms with Crippen molar-refractivity contribution in [2.45, 2.75) is 64.4 Å². The zero-order valence-corrected chi connectivity index (χ0v) is 17.2. The summed E-state index contributed by atoms with van der Waals surface area (Å²) < 4.78 is 5.90. The Morgan fingerprint density at radius 3 is 2.17 bits per heavy atom. The highest BCUT2D eigenvalue weighted by molar-refractivity contribution is 14.0. The van der Waals surface area contributed by atoms with Crippen LogP contribution in [0.3, 0.4) is 0 Å². The van der Waals surface area contributed by atoms with Gasteiger partial charge in [-0.25, -0.2) is 0 Å². The summed E-state index contributed by atoms with van der Waals surface area (Å²) in [6, 6.07) is 9.80. The summed E-state index contributed by atoms with van der Waals surface area (Å²) in [5.41, 5.74) is 0.565. The first kappa shape index (κ1) is 24.6. The molecule has 23 heavy (non-hydrogen) atoms. The van der Waals surface area contributed by atoms with Gasteiger partial charge in [-0.15, -0.1) is 24.0 Å².